The van der Waals surface area contributed by atoms with Gasteiger partial charge in [0.05, 0.1) is 11.9 Å². The van der Waals surface area contributed by atoms with Crippen LogP contribution in [-0.4, -0.2) is 17.0 Å². The van der Waals surface area contributed by atoms with Gasteiger partial charge in [0.1, 0.15) is 0 Å². The molecule has 1 aliphatic heterocycles. The molecule has 17 heavy (non-hydrogen) atoms. The number of fused-ring (bicyclic) bond motifs is 1. The highest BCUT2D eigenvalue weighted by molar-refractivity contribution is 5.70. The maximum Gasteiger partial charge on any atom is 0.231 e. The van der Waals surface area contributed by atoms with Crippen LogP contribution in [0.4, 0.5) is 0 Å². The van der Waals surface area contributed by atoms with E-state index in [1.807, 2.05) is 19.1 Å². The molecule has 5 heteroatoms. The molecule has 5 nitrogen and oxygen atoms in total. The fourth-order valence-electron chi connectivity index (χ4n) is 2.01. The van der Waals surface area contributed by atoms with E-state index < -0.39 is 0 Å². The molecule has 3 rings (SSSR count). The van der Waals surface area contributed by atoms with E-state index in [1.165, 1.54) is 0 Å². The van der Waals surface area contributed by atoms with E-state index in [0.717, 1.165) is 33.9 Å². The number of hydrogen-bond acceptors (Lipinski definition) is 4. The number of benzene rings is 1. The van der Waals surface area contributed by atoms with Gasteiger partial charge >= 0.3 is 0 Å². The summed E-state index contributed by atoms with van der Waals surface area (Å²) in [5.74, 6) is 1.56. The number of nitrogens with zero attached hydrogens (tertiary/aromatic N) is 1. The molecule has 0 amide bonds. The molecule has 0 spiro atoms. The third-order valence-corrected chi connectivity index (χ3v) is 2.93. The van der Waals surface area contributed by atoms with Crippen LogP contribution < -0.4 is 15.2 Å². The molecule has 0 radical (unpaired) electrons. The summed E-state index contributed by atoms with van der Waals surface area (Å²) >= 11 is 0. The van der Waals surface area contributed by atoms with Crippen LogP contribution in [0.3, 0.4) is 0 Å². The lowest BCUT2D eigenvalue weighted by atomic mass is 10.0. The molecular weight excluding hydrogens is 218 g/mol. The number of rotatable bonds is 2. The van der Waals surface area contributed by atoms with E-state index >= 15 is 0 Å². The molecule has 88 valence electrons. The number of aromatic nitrogens is 2. The summed E-state index contributed by atoms with van der Waals surface area (Å²) in [5, 5.41) is 7.01. The predicted molar refractivity (Wildman–Crippen MR) is 62.8 cm³/mol. The van der Waals surface area contributed by atoms with E-state index in [4.69, 9.17) is 15.2 Å². The Labute approximate surface area is 98.5 Å². The Hall–Kier alpha value is -2.01. The third-order valence-electron chi connectivity index (χ3n) is 2.93. The smallest absolute Gasteiger partial charge is 0.231 e. The molecular formula is C12H13N3O2. The Morgan fingerprint density at radius 1 is 1.35 bits per heavy atom. The molecule has 0 atom stereocenters. The lowest BCUT2D eigenvalue weighted by molar-refractivity contribution is 0.174. The molecule has 3 N–H and O–H groups in total. The van der Waals surface area contributed by atoms with Crippen molar-refractivity contribution in [3.05, 3.63) is 29.5 Å². The lowest BCUT2D eigenvalue weighted by Gasteiger charge is -2.07. The van der Waals surface area contributed by atoms with Gasteiger partial charge in [0.15, 0.2) is 11.5 Å². The first-order valence-electron chi connectivity index (χ1n) is 5.42. The van der Waals surface area contributed by atoms with Crippen LogP contribution in [0.1, 0.15) is 11.1 Å². The standard InChI is InChI=1S/C12H13N3O2/c1-7-2-10-11(17-6-16-10)3-9(7)12-8(4-13)5-14-15-12/h2-3,5H,4,6,13H2,1H3,(H,14,15). The first kappa shape index (κ1) is 10.2. The second-order valence-electron chi connectivity index (χ2n) is 3.99. The monoisotopic (exact) mass is 231 g/mol. The summed E-state index contributed by atoms with van der Waals surface area (Å²) in [5.41, 5.74) is 9.77. The Morgan fingerprint density at radius 3 is 2.88 bits per heavy atom. The zero-order valence-electron chi connectivity index (χ0n) is 9.49. The minimum atomic E-state index is 0.283. The van der Waals surface area contributed by atoms with Crippen LogP contribution in [0.5, 0.6) is 11.5 Å². The van der Waals surface area contributed by atoms with Crippen molar-refractivity contribution in [2.24, 2.45) is 5.73 Å². The number of ether oxygens (including phenoxy) is 2. The fourth-order valence-corrected chi connectivity index (χ4v) is 2.01. The van der Waals surface area contributed by atoms with Gasteiger partial charge in [-0.15, -0.1) is 0 Å². The maximum absolute atomic E-state index is 5.68. The number of H-pyrrole nitrogens is 1. The Bertz CT molecular complexity index is 563. The topological polar surface area (TPSA) is 73.2 Å². The van der Waals surface area contributed by atoms with Gasteiger partial charge in [-0.1, -0.05) is 0 Å². The number of nitrogens with two attached hydrogens (primary N) is 1. The van der Waals surface area contributed by atoms with Crippen LogP contribution in [0.2, 0.25) is 0 Å². The third kappa shape index (κ3) is 1.55. The van der Waals surface area contributed by atoms with Crippen molar-refractivity contribution in [2.45, 2.75) is 13.5 Å². The molecule has 0 saturated heterocycles. The normalized spacial score (nSPS) is 13.1. The van der Waals surface area contributed by atoms with Crippen molar-refractivity contribution in [2.75, 3.05) is 6.79 Å². The summed E-state index contributed by atoms with van der Waals surface area (Å²) in [6, 6.07) is 3.93. The van der Waals surface area contributed by atoms with Gasteiger partial charge in [-0.2, -0.15) is 5.10 Å². The van der Waals surface area contributed by atoms with E-state index in [0.29, 0.717) is 6.54 Å². The second-order valence-corrected chi connectivity index (χ2v) is 3.99. The van der Waals surface area contributed by atoms with Crippen LogP contribution in [-0.2, 0) is 6.54 Å². The Morgan fingerprint density at radius 2 is 2.12 bits per heavy atom. The van der Waals surface area contributed by atoms with Crippen LogP contribution in [0.15, 0.2) is 18.3 Å². The molecule has 0 saturated carbocycles. The molecule has 0 fully saturated rings. The van der Waals surface area contributed by atoms with Crippen molar-refractivity contribution >= 4 is 0 Å². The van der Waals surface area contributed by atoms with Crippen molar-refractivity contribution in [3.8, 4) is 22.8 Å². The van der Waals surface area contributed by atoms with Crippen molar-refractivity contribution < 1.29 is 9.47 Å². The highest BCUT2D eigenvalue weighted by Gasteiger charge is 2.18. The summed E-state index contributed by atoms with van der Waals surface area (Å²) in [6.07, 6.45) is 1.75. The summed E-state index contributed by atoms with van der Waals surface area (Å²) in [4.78, 5) is 0. The lowest BCUT2D eigenvalue weighted by Crippen LogP contribution is -1.97. The van der Waals surface area contributed by atoms with Gasteiger partial charge in [0, 0.05) is 17.7 Å². The van der Waals surface area contributed by atoms with Crippen molar-refractivity contribution in [1.29, 1.82) is 0 Å². The molecule has 2 heterocycles. The molecule has 1 aromatic carbocycles. The second kappa shape index (κ2) is 3.78. The first-order valence-corrected chi connectivity index (χ1v) is 5.42. The minimum Gasteiger partial charge on any atom is -0.454 e. The van der Waals surface area contributed by atoms with Gasteiger partial charge in [-0.3, -0.25) is 5.10 Å². The quantitative estimate of drug-likeness (QED) is 0.822. The van der Waals surface area contributed by atoms with E-state index in [-0.39, 0.29) is 6.79 Å². The first-order chi connectivity index (χ1) is 8.29. The molecule has 0 aliphatic carbocycles. The summed E-state index contributed by atoms with van der Waals surface area (Å²) in [7, 11) is 0. The van der Waals surface area contributed by atoms with Crippen molar-refractivity contribution in [1.82, 2.24) is 10.2 Å². The number of nitrogens with one attached hydrogen (secondary N) is 1. The number of hydrogen-bond donors (Lipinski definition) is 2. The highest BCUT2D eigenvalue weighted by Crippen LogP contribution is 2.38. The molecule has 2 aromatic rings. The molecule has 1 aliphatic rings. The molecule has 1 aromatic heterocycles. The zero-order chi connectivity index (χ0) is 11.8. The van der Waals surface area contributed by atoms with Crippen LogP contribution in [0.25, 0.3) is 11.3 Å². The van der Waals surface area contributed by atoms with Gasteiger partial charge in [0.25, 0.3) is 0 Å². The summed E-state index contributed by atoms with van der Waals surface area (Å²) in [6.45, 7) is 2.77. The van der Waals surface area contributed by atoms with Crippen molar-refractivity contribution in [3.63, 3.8) is 0 Å². The van der Waals surface area contributed by atoms with E-state index in [1.54, 1.807) is 6.20 Å². The summed E-state index contributed by atoms with van der Waals surface area (Å²) < 4.78 is 10.7. The van der Waals surface area contributed by atoms with E-state index in [9.17, 15) is 0 Å². The molecule has 0 bridgehead atoms. The fraction of sp³-hybridized carbons (Fsp3) is 0.250. The maximum atomic E-state index is 5.68. The van der Waals surface area contributed by atoms with Gasteiger partial charge in [-0.25, -0.2) is 0 Å². The van der Waals surface area contributed by atoms with Gasteiger partial charge in [-0.05, 0) is 24.6 Å². The highest BCUT2D eigenvalue weighted by atomic mass is 16.7. The van der Waals surface area contributed by atoms with Crippen LogP contribution in [0, 0.1) is 6.92 Å². The Kier molecular flexibility index (Phi) is 2.26. The number of aryl methyl sites for hydroxylation is 1. The van der Waals surface area contributed by atoms with E-state index in [2.05, 4.69) is 10.2 Å². The Balaban J connectivity index is 2.15. The SMILES string of the molecule is Cc1cc2c(cc1-c1[nH]ncc1CN)OCO2. The number of aromatic amines is 1. The molecule has 0 unspecified atom stereocenters. The van der Waals surface area contributed by atoms with Gasteiger partial charge < -0.3 is 15.2 Å². The minimum absolute atomic E-state index is 0.283. The van der Waals surface area contributed by atoms with Crippen LogP contribution >= 0.6 is 0 Å². The average Bonchev–Trinajstić information content (AvgIpc) is 2.94. The zero-order valence-corrected chi connectivity index (χ0v) is 9.49. The largest absolute Gasteiger partial charge is 0.454 e. The van der Waals surface area contributed by atoms with Gasteiger partial charge in [0.2, 0.25) is 6.79 Å². The average molecular weight is 231 g/mol. The predicted octanol–water partition coefficient (Wildman–Crippen LogP) is 1.57.